The fraction of sp³-hybridized carbons (Fsp3) is 0.389. The van der Waals surface area contributed by atoms with Crippen LogP contribution in [0.15, 0.2) is 35.1 Å². The van der Waals surface area contributed by atoms with E-state index in [1.807, 2.05) is 55.7 Å². The number of hydrogen-bond acceptors (Lipinski definition) is 3. The van der Waals surface area contributed by atoms with Gasteiger partial charge in [-0.25, -0.2) is 4.79 Å². The Morgan fingerprint density at radius 1 is 1.20 bits per heavy atom. The van der Waals surface area contributed by atoms with Gasteiger partial charge in [-0.05, 0) is 45.1 Å². The highest BCUT2D eigenvalue weighted by molar-refractivity contribution is 7.71. The average Bonchev–Trinajstić information content (AvgIpc) is 2.54. The van der Waals surface area contributed by atoms with Gasteiger partial charge < -0.3 is 14.6 Å². The molecule has 0 saturated heterocycles. The van der Waals surface area contributed by atoms with E-state index in [0.717, 1.165) is 5.69 Å². The van der Waals surface area contributed by atoms with Gasteiger partial charge in [0.25, 0.3) is 5.56 Å². The minimum atomic E-state index is -1.01. The van der Waals surface area contributed by atoms with Crippen LogP contribution in [0.3, 0.4) is 0 Å². The molecule has 3 rings (SSSR count). The maximum absolute atomic E-state index is 13.1. The van der Waals surface area contributed by atoms with Crippen LogP contribution >= 0.6 is 12.2 Å². The van der Waals surface area contributed by atoms with Gasteiger partial charge in [0.05, 0.1) is 17.8 Å². The second kappa shape index (κ2) is 6.15. The number of carboxylic acid groups (broad SMARTS) is 1. The maximum atomic E-state index is 13.1. The van der Waals surface area contributed by atoms with Gasteiger partial charge in [-0.2, -0.15) is 0 Å². The summed E-state index contributed by atoms with van der Waals surface area (Å²) < 4.78 is 3.93. The van der Waals surface area contributed by atoms with Crippen LogP contribution in [0.1, 0.15) is 32.0 Å². The van der Waals surface area contributed by atoms with Crippen molar-refractivity contribution in [3.05, 3.63) is 56.7 Å². The monoisotopic (exact) mass is 359 g/mol. The second-order valence-electron chi connectivity index (χ2n) is 7.14. The number of fused-ring (bicyclic) bond motifs is 1. The number of hydrogen-bond donors (Lipinski definition) is 1. The third kappa shape index (κ3) is 3.00. The average molecular weight is 359 g/mol. The highest BCUT2D eigenvalue weighted by Gasteiger charge is 2.30. The van der Waals surface area contributed by atoms with E-state index >= 15 is 0 Å². The molecular weight excluding hydrogens is 338 g/mol. The molecule has 1 aromatic carbocycles. The van der Waals surface area contributed by atoms with Crippen LogP contribution in [0.5, 0.6) is 0 Å². The lowest BCUT2D eigenvalue weighted by Crippen LogP contribution is -2.44. The number of rotatable bonds is 1. The smallest absolute Gasteiger partial charge is 0.407 e. The van der Waals surface area contributed by atoms with Crippen molar-refractivity contribution >= 4 is 18.3 Å². The summed E-state index contributed by atoms with van der Waals surface area (Å²) in [5.41, 5.74) is 1.47. The largest absolute Gasteiger partial charge is 0.465 e. The van der Waals surface area contributed by atoms with Crippen LogP contribution in [-0.2, 0) is 18.5 Å². The highest BCUT2D eigenvalue weighted by atomic mass is 32.1. The third-order valence-electron chi connectivity index (χ3n) is 4.39. The molecule has 0 atom stereocenters. The summed E-state index contributed by atoms with van der Waals surface area (Å²) in [6.45, 7) is 6.55. The minimum Gasteiger partial charge on any atom is -0.465 e. The zero-order valence-corrected chi connectivity index (χ0v) is 15.3. The van der Waals surface area contributed by atoms with E-state index in [1.54, 1.807) is 0 Å². The number of carbonyl (C=O) groups is 1. The molecule has 0 fully saturated rings. The molecule has 2 aromatic rings. The number of para-hydroxylation sites is 1. The first-order valence-electron chi connectivity index (χ1n) is 8.15. The van der Waals surface area contributed by atoms with E-state index in [-0.39, 0.29) is 17.6 Å². The summed E-state index contributed by atoms with van der Waals surface area (Å²) in [6, 6.07) is 9.23. The van der Waals surface area contributed by atoms with Crippen molar-refractivity contribution in [2.75, 3.05) is 6.54 Å². The summed E-state index contributed by atoms with van der Waals surface area (Å²) >= 11 is 5.67. The van der Waals surface area contributed by atoms with Crippen LogP contribution in [-0.4, -0.2) is 31.8 Å². The molecule has 0 saturated carbocycles. The number of aromatic nitrogens is 2. The van der Waals surface area contributed by atoms with Crippen LogP contribution in [0.2, 0.25) is 0 Å². The van der Waals surface area contributed by atoms with Crippen molar-refractivity contribution < 1.29 is 9.90 Å². The Morgan fingerprint density at radius 3 is 2.40 bits per heavy atom. The predicted molar refractivity (Wildman–Crippen MR) is 98.0 cm³/mol. The van der Waals surface area contributed by atoms with Crippen LogP contribution < -0.4 is 5.56 Å². The van der Waals surface area contributed by atoms with Gasteiger partial charge in [0.2, 0.25) is 0 Å². The Bertz CT molecular complexity index is 939. The van der Waals surface area contributed by atoms with Crippen molar-refractivity contribution in [2.45, 2.75) is 39.3 Å². The van der Waals surface area contributed by atoms with Gasteiger partial charge in [-0.1, -0.05) is 18.2 Å². The first-order valence-corrected chi connectivity index (χ1v) is 8.56. The molecule has 25 heavy (non-hydrogen) atoms. The number of nitrogens with zero attached hydrogens (tertiary/aromatic N) is 3. The van der Waals surface area contributed by atoms with Crippen LogP contribution in [0.4, 0.5) is 4.79 Å². The molecule has 1 aliphatic heterocycles. The van der Waals surface area contributed by atoms with Crippen molar-refractivity contribution in [1.82, 2.24) is 14.0 Å². The molecule has 0 bridgehead atoms. The lowest BCUT2D eigenvalue weighted by Gasteiger charge is -2.34. The molecule has 6 nitrogen and oxygen atoms in total. The Hall–Kier alpha value is -2.41. The summed E-state index contributed by atoms with van der Waals surface area (Å²) in [4.78, 5) is 25.8. The molecule has 0 aliphatic carbocycles. The molecule has 0 radical (unpaired) electrons. The van der Waals surface area contributed by atoms with E-state index in [4.69, 9.17) is 12.2 Å². The van der Waals surface area contributed by atoms with E-state index in [2.05, 4.69) is 0 Å². The van der Waals surface area contributed by atoms with Gasteiger partial charge >= 0.3 is 6.09 Å². The van der Waals surface area contributed by atoms with Gasteiger partial charge in [-0.3, -0.25) is 9.36 Å². The van der Waals surface area contributed by atoms with Crippen molar-refractivity contribution in [2.24, 2.45) is 0 Å². The number of amides is 1. The summed E-state index contributed by atoms with van der Waals surface area (Å²) in [5.74, 6) is 0. The van der Waals surface area contributed by atoms with E-state index < -0.39 is 6.09 Å². The van der Waals surface area contributed by atoms with Gasteiger partial charge in [-0.15, -0.1) is 0 Å². The molecule has 7 heteroatoms. The standard InChI is InChI=1S/C18H21N3O3S/c1-18(2,3)21-14-9-10-19(17(23)24)11-13(14)15(22)20(16(21)25)12-7-5-4-6-8-12/h4-8H,9-11H2,1-3H3,(H,23,24). The molecule has 1 aromatic heterocycles. The van der Waals surface area contributed by atoms with Gasteiger partial charge in [0.1, 0.15) is 0 Å². The Morgan fingerprint density at radius 2 is 1.84 bits per heavy atom. The van der Waals surface area contributed by atoms with E-state index in [0.29, 0.717) is 29.0 Å². The van der Waals surface area contributed by atoms with Gasteiger partial charge in [0, 0.05) is 24.2 Å². The fourth-order valence-corrected chi connectivity index (χ4v) is 3.86. The normalized spacial score (nSPS) is 14.3. The zero-order chi connectivity index (χ0) is 18.4. The predicted octanol–water partition coefficient (Wildman–Crippen LogP) is 3.16. The summed E-state index contributed by atoms with van der Waals surface area (Å²) in [6.07, 6.45) is -0.533. The zero-order valence-electron chi connectivity index (χ0n) is 14.5. The molecule has 0 spiro atoms. The maximum Gasteiger partial charge on any atom is 0.407 e. The molecule has 1 amide bonds. The Kier molecular flexibility index (Phi) is 4.28. The van der Waals surface area contributed by atoms with Gasteiger partial charge in [0.15, 0.2) is 4.77 Å². The third-order valence-corrected chi connectivity index (χ3v) is 4.75. The fourth-order valence-electron chi connectivity index (χ4n) is 3.29. The molecule has 1 aliphatic rings. The highest BCUT2D eigenvalue weighted by Crippen LogP contribution is 2.25. The van der Waals surface area contributed by atoms with Crippen LogP contribution in [0.25, 0.3) is 5.69 Å². The second-order valence-corrected chi connectivity index (χ2v) is 7.51. The molecule has 2 heterocycles. The van der Waals surface area contributed by atoms with E-state index in [1.165, 1.54) is 9.47 Å². The minimum absolute atomic E-state index is 0.0853. The Balaban J connectivity index is 2.36. The van der Waals surface area contributed by atoms with Crippen molar-refractivity contribution in [1.29, 1.82) is 0 Å². The molecule has 1 N–H and O–H groups in total. The first-order chi connectivity index (χ1) is 11.7. The number of benzene rings is 1. The lowest BCUT2D eigenvalue weighted by molar-refractivity contribution is 0.138. The van der Waals surface area contributed by atoms with Crippen molar-refractivity contribution in [3.63, 3.8) is 0 Å². The summed E-state index contributed by atoms with van der Waals surface area (Å²) in [5, 5.41) is 9.31. The van der Waals surface area contributed by atoms with Crippen LogP contribution in [0, 0.1) is 4.77 Å². The first kappa shape index (κ1) is 17.4. The SMILES string of the molecule is CC(C)(C)n1c2c(c(=O)n(-c3ccccc3)c1=S)CN(C(=O)O)CC2. The van der Waals surface area contributed by atoms with E-state index in [9.17, 15) is 14.7 Å². The lowest BCUT2D eigenvalue weighted by atomic mass is 10.0. The Labute approximate surface area is 150 Å². The summed E-state index contributed by atoms with van der Waals surface area (Å²) in [7, 11) is 0. The van der Waals surface area contributed by atoms with Crippen molar-refractivity contribution in [3.8, 4) is 5.69 Å². The molecule has 132 valence electrons. The molecular formula is C18H21N3O3S. The molecule has 0 unspecified atom stereocenters. The topological polar surface area (TPSA) is 67.5 Å². The quantitative estimate of drug-likeness (QED) is 0.794.